The second kappa shape index (κ2) is 26.1. The molecule has 434 valence electrons. The lowest BCUT2D eigenvalue weighted by molar-refractivity contribution is -0.118. The number of methoxy groups -OCH3 is 2. The van der Waals surface area contributed by atoms with Crippen LogP contribution in [0.4, 0.5) is 28.4 Å². The summed E-state index contributed by atoms with van der Waals surface area (Å²) in [5, 5.41) is -1.46. The standard InChI is InChI=1S/C61H75N5O12S3/c1-9-54(67)58(81(70,71)72)18-25-79-80-61(3,4)39-64(19-20-75-23-24-76-22-21-73-7)45-28-41(37-77-55-33-52-48(26-40(55)2)59(68)65-46(35-62(52)5)30-43-14-10-12-16-50(43)65)27-42(29-45)38-78-57-34-53-49(32-56(57)74-8)60(69)66-47(36-63(53)6)31-44-15-11-13-17-51(44)66/h10-17,26-29,32-34,46-47,58H,9,18-25,30-31,35-39H2,1-8H3,(H,70,71,72)/t46-,47-,58?/m0/s1. The van der Waals surface area contributed by atoms with E-state index in [1.807, 2.05) is 85.4 Å². The molecule has 1 N–H and O–H groups in total. The van der Waals surface area contributed by atoms with Gasteiger partial charge in [0.05, 0.1) is 74.7 Å². The highest BCUT2D eigenvalue weighted by Crippen LogP contribution is 2.44. The Bertz CT molecular complexity index is 3210. The zero-order valence-corrected chi connectivity index (χ0v) is 50.1. The largest absolute Gasteiger partial charge is 0.493 e. The molecule has 0 radical (unpaired) electrons. The minimum Gasteiger partial charge on any atom is -0.493 e. The van der Waals surface area contributed by atoms with Gasteiger partial charge in [0.2, 0.25) is 0 Å². The molecule has 0 aromatic heterocycles. The topological polar surface area (TPSA) is 177 Å². The third-order valence-electron chi connectivity index (χ3n) is 15.3. The van der Waals surface area contributed by atoms with Crippen LogP contribution in [0.15, 0.2) is 91.0 Å². The maximum absolute atomic E-state index is 14.4. The fourth-order valence-corrected chi connectivity index (χ4v) is 15.0. The molecule has 81 heavy (non-hydrogen) atoms. The second-order valence-electron chi connectivity index (χ2n) is 21.7. The Hall–Kier alpha value is -6.00. The van der Waals surface area contributed by atoms with Gasteiger partial charge in [-0.3, -0.25) is 18.9 Å². The maximum Gasteiger partial charge on any atom is 0.275 e. The summed E-state index contributed by atoms with van der Waals surface area (Å²) in [6.45, 7) is 12.5. The van der Waals surface area contributed by atoms with Crippen LogP contribution >= 0.6 is 21.6 Å². The van der Waals surface area contributed by atoms with Gasteiger partial charge in [-0.25, -0.2) is 0 Å². The van der Waals surface area contributed by atoms with Crippen LogP contribution in [0.3, 0.4) is 0 Å². The van der Waals surface area contributed by atoms with Crippen molar-refractivity contribution in [2.45, 2.75) is 88.7 Å². The third kappa shape index (κ3) is 13.8. The van der Waals surface area contributed by atoms with E-state index in [0.29, 0.717) is 93.3 Å². The first-order valence-corrected chi connectivity index (χ1v) is 31.4. The van der Waals surface area contributed by atoms with Crippen molar-refractivity contribution >= 4 is 77.7 Å². The number of hydrogen-bond donors (Lipinski definition) is 1. The third-order valence-corrected chi connectivity index (χ3v) is 19.8. The summed E-state index contributed by atoms with van der Waals surface area (Å²) in [5.41, 5.74) is 10.3. The molecule has 2 amide bonds. The highest BCUT2D eigenvalue weighted by molar-refractivity contribution is 8.77. The van der Waals surface area contributed by atoms with Crippen molar-refractivity contribution in [3.8, 4) is 17.2 Å². The van der Waals surface area contributed by atoms with E-state index < -0.39 is 25.9 Å². The van der Waals surface area contributed by atoms with Crippen molar-refractivity contribution in [1.82, 2.24) is 0 Å². The quantitative estimate of drug-likeness (QED) is 0.0298. The van der Waals surface area contributed by atoms with E-state index >= 15 is 0 Å². The zero-order valence-electron chi connectivity index (χ0n) is 47.6. The van der Waals surface area contributed by atoms with E-state index in [1.165, 1.54) is 16.4 Å². The van der Waals surface area contributed by atoms with E-state index in [-0.39, 0.29) is 50.0 Å². The van der Waals surface area contributed by atoms with Gasteiger partial charge in [0.1, 0.15) is 24.2 Å². The number of ketones is 1. The number of Topliss-reactive ketones (excluding diaryl/α,β-unsaturated/α-hetero) is 1. The van der Waals surface area contributed by atoms with Crippen LogP contribution in [-0.4, -0.2) is 146 Å². The fraction of sp³-hybridized carbons (Fsp3) is 0.459. The Morgan fingerprint density at radius 3 is 1.84 bits per heavy atom. The minimum atomic E-state index is -4.55. The van der Waals surface area contributed by atoms with Crippen LogP contribution < -0.4 is 38.7 Å². The van der Waals surface area contributed by atoms with Gasteiger partial charge >= 0.3 is 0 Å². The number of likely N-dealkylation sites (N-methyl/N-ethyl adjacent to an activating group) is 2. The molecule has 5 aromatic carbocycles. The van der Waals surface area contributed by atoms with Gasteiger partial charge in [-0.1, -0.05) is 64.9 Å². The first-order valence-electron chi connectivity index (χ1n) is 27.6. The molecule has 0 saturated heterocycles. The van der Waals surface area contributed by atoms with Crippen LogP contribution in [0.2, 0.25) is 0 Å². The molecular weight excluding hydrogens is 1090 g/mol. The summed E-state index contributed by atoms with van der Waals surface area (Å²) in [5.74, 6) is 1.26. The molecule has 0 saturated carbocycles. The number of nitrogens with zero attached hydrogens (tertiary/aromatic N) is 5. The molecule has 1 unspecified atom stereocenters. The molecule has 4 aliphatic rings. The maximum atomic E-state index is 14.4. The Morgan fingerprint density at radius 2 is 1.27 bits per heavy atom. The lowest BCUT2D eigenvalue weighted by Gasteiger charge is -2.34. The molecule has 0 fully saturated rings. The summed E-state index contributed by atoms with van der Waals surface area (Å²) in [7, 11) is 5.72. The normalized spacial score (nSPS) is 16.9. The molecule has 17 nitrogen and oxygen atoms in total. The SMILES string of the molecule is CCC(=O)C(CCSSC(C)(C)CN(CCOCCOCCOC)c1cc(COc2cc3c(cc2C)C(=O)N2c4ccccc4C[C@H]2CN3C)cc(COc2cc3c(cc2OC)C(=O)N2c4ccccc4C[C@H]2CN3C)c1)S(=O)(=O)O. The van der Waals surface area contributed by atoms with Gasteiger partial charge in [-0.15, -0.1) is 0 Å². The molecular formula is C61H75N5O12S3. The molecule has 5 aromatic rings. The number of benzene rings is 5. The van der Waals surface area contributed by atoms with E-state index in [9.17, 15) is 27.4 Å². The summed E-state index contributed by atoms with van der Waals surface area (Å²) in [6, 6.07) is 30.0. The van der Waals surface area contributed by atoms with Crippen LogP contribution in [0.5, 0.6) is 17.2 Å². The van der Waals surface area contributed by atoms with Crippen molar-refractivity contribution < 1.29 is 55.8 Å². The second-order valence-corrected chi connectivity index (χ2v) is 26.5. The van der Waals surface area contributed by atoms with E-state index in [2.05, 4.69) is 58.9 Å². The predicted molar refractivity (Wildman–Crippen MR) is 322 cm³/mol. The lowest BCUT2D eigenvalue weighted by atomic mass is 10.1. The number of carbonyl (C=O) groups excluding carboxylic acids is 3. The lowest BCUT2D eigenvalue weighted by Crippen LogP contribution is -2.41. The Morgan fingerprint density at radius 1 is 0.728 bits per heavy atom. The zero-order chi connectivity index (χ0) is 57.6. The average Bonchev–Trinajstić information content (AvgIpc) is 3.45. The average molecular weight is 1170 g/mol. The van der Waals surface area contributed by atoms with E-state index in [1.54, 1.807) is 38.0 Å². The Kier molecular flexibility index (Phi) is 19.2. The highest BCUT2D eigenvalue weighted by Gasteiger charge is 2.41. The molecule has 0 bridgehead atoms. The van der Waals surface area contributed by atoms with Crippen molar-refractivity contribution in [2.75, 3.05) is 118 Å². The molecule has 3 atom stereocenters. The van der Waals surface area contributed by atoms with Crippen LogP contribution in [0.1, 0.15) is 82.1 Å². The monoisotopic (exact) mass is 1170 g/mol. The molecule has 0 aliphatic carbocycles. The molecule has 4 heterocycles. The summed E-state index contributed by atoms with van der Waals surface area (Å²) < 4.78 is 70.2. The molecule has 0 spiro atoms. The smallest absolute Gasteiger partial charge is 0.275 e. The number of fused-ring (bicyclic) bond motifs is 8. The summed E-state index contributed by atoms with van der Waals surface area (Å²) >= 11 is 0. The van der Waals surface area contributed by atoms with Gasteiger partial charge in [0, 0.05) is 93.5 Å². The van der Waals surface area contributed by atoms with Gasteiger partial charge in [0.15, 0.2) is 17.3 Å². The van der Waals surface area contributed by atoms with Gasteiger partial charge < -0.3 is 52.9 Å². The number of para-hydroxylation sites is 2. The van der Waals surface area contributed by atoms with Gasteiger partial charge in [0.25, 0.3) is 21.9 Å². The van der Waals surface area contributed by atoms with Crippen molar-refractivity contribution in [3.63, 3.8) is 0 Å². The number of aryl methyl sites for hydroxylation is 1. The summed E-state index contributed by atoms with van der Waals surface area (Å²) in [4.78, 5) is 51.7. The molecule has 9 rings (SSSR count). The first kappa shape index (κ1) is 59.6. The van der Waals surface area contributed by atoms with Gasteiger partial charge in [-0.05, 0) is 110 Å². The van der Waals surface area contributed by atoms with Gasteiger partial charge in [-0.2, -0.15) is 8.42 Å². The van der Waals surface area contributed by atoms with E-state index in [4.69, 9.17) is 28.4 Å². The highest BCUT2D eigenvalue weighted by atomic mass is 33.1. The number of carbonyl (C=O) groups is 3. The number of hydrogen-bond acceptors (Lipinski definition) is 16. The van der Waals surface area contributed by atoms with Crippen molar-refractivity contribution in [2.24, 2.45) is 0 Å². The summed E-state index contributed by atoms with van der Waals surface area (Å²) in [6.07, 6.45) is 1.55. The van der Waals surface area contributed by atoms with Crippen molar-refractivity contribution in [1.29, 1.82) is 0 Å². The first-order chi connectivity index (χ1) is 38.9. The van der Waals surface area contributed by atoms with Crippen molar-refractivity contribution in [3.05, 3.63) is 130 Å². The van der Waals surface area contributed by atoms with Crippen LogP contribution in [0, 0.1) is 6.92 Å². The predicted octanol–water partition coefficient (Wildman–Crippen LogP) is 9.48. The number of ether oxygens (including phenoxy) is 6. The number of anilines is 5. The Balaban J connectivity index is 1.01. The minimum absolute atomic E-state index is 0.00357. The number of rotatable bonds is 27. The fourth-order valence-electron chi connectivity index (χ4n) is 11.4. The molecule has 20 heteroatoms. The Labute approximate surface area is 484 Å². The van der Waals surface area contributed by atoms with E-state index in [0.717, 1.165) is 63.5 Å². The number of amides is 2. The van der Waals surface area contributed by atoms with Crippen LogP contribution in [0.25, 0.3) is 0 Å². The molecule has 4 aliphatic heterocycles. The van der Waals surface area contributed by atoms with Crippen LogP contribution in [-0.2, 0) is 55.2 Å².